The third-order valence-corrected chi connectivity index (χ3v) is 11.9. The quantitative estimate of drug-likeness (QED) is 0.281. The van der Waals surface area contributed by atoms with Crippen LogP contribution in [0.3, 0.4) is 0 Å². The van der Waals surface area contributed by atoms with Crippen LogP contribution in [0, 0.1) is 16.7 Å². The predicted octanol–water partition coefficient (Wildman–Crippen LogP) is 6.57. The second kappa shape index (κ2) is 11.1. The van der Waals surface area contributed by atoms with Gasteiger partial charge in [0.1, 0.15) is 6.04 Å². The Hall–Kier alpha value is -2.61. The summed E-state index contributed by atoms with van der Waals surface area (Å²) in [5.41, 5.74) is 6.78. The Morgan fingerprint density at radius 3 is 2.60 bits per heavy atom. The monoisotopic (exact) mass is 617 g/mol. The number of hydrogen-bond donors (Lipinski definition) is 1. The molecule has 0 aromatic heterocycles. The summed E-state index contributed by atoms with van der Waals surface area (Å²) in [6.07, 6.45) is 6.79. The summed E-state index contributed by atoms with van der Waals surface area (Å²) in [5, 5.41) is 3.18. The Kier molecular flexibility index (Phi) is 7.50. The fourth-order valence-electron chi connectivity index (χ4n) is 8.22. The zero-order valence-corrected chi connectivity index (χ0v) is 26.7. The molecular weight excluding hydrogens is 578 g/mol. The molecule has 1 N–H and O–H groups in total. The molecule has 1 atom stereocenters. The van der Waals surface area contributed by atoms with Crippen molar-refractivity contribution in [1.29, 1.82) is 0 Å². The van der Waals surface area contributed by atoms with Gasteiger partial charge in [0.15, 0.2) is 0 Å². The lowest BCUT2D eigenvalue weighted by Crippen LogP contribution is -2.57. The highest BCUT2D eigenvalue weighted by Gasteiger charge is 2.50. The number of halogens is 1. The number of amides is 3. The molecule has 6 nitrogen and oxygen atoms in total. The molecule has 1 unspecified atom stereocenters. The van der Waals surface area contributed by atoms with E-state index >= 15 is 0 Å². The molecule has 2 aliphatic carbocycles. The minimum atomic E-state index is -0.571. The third kappa shape index (κ3) is 5.81. The van der Waals surface area contributed by atoms with Gasteiger partial charge in [-0.1, -0.05) is 43.2 Å². The van der Waals surface area contributed by atoms with Crippen LogP contribution in [0.15, 0.2) is 52.9 Å². The SMILES string of the molecule is CC1(C)CCC(CN2CC3CC(CSc4ccc5c(c4)CN(C4CCC(=O)NC4=O)C5=O)(C3)C2)=C(c2ccc(Cl)cc2)C1. The van der Waals surface area contributed by atoms with Gasteiger partial charge in [-0.3, -0.25) is 24.6 Å². The fraction of sp³-hybridized carbons (Fsp3) is 0.514. The lowest BCUT2D eigenvalue weighted by atomic mass is 9.59. The number of nitrogens with one attached hydrogen (secondary N) is 1. The summed E-state index contributed by atoms with van der Waals surface area (Å²) in [6.45, 7) is 8.62. The van der Waals surface area contributed by atoms with Crippen LogP contribution in [0.4, 0.5) is 0 Å². The van der Waals surface area contributed by atoms with Crippen molar-refractivity contribution in [3.8, 4) is 0 Å². The standard InChI is InChI=1S/C35H40ClN3O3S/c1-34(2)12-11-24(29(16-34)23-3-5-26(36)6-4-23)18-38-17-22-14-35(15-22,20-38)21-43-27-7-8-28-25(13-27)19-39(33(28)42)30-9-10-31(40)37-32(30)41/h3-8,13,22,30H,9-12,14-21H2,1-2H3,(H,37,40,41). The Morgan fingerprint density at radius 1 is 1.05 bits per heavy atom. The number of benzene rings is 2. The normalized spacial score (nSPS) is 28.5. The average molecular weight is 618 g/mol. The molecule has 3 amide bonds. The number of carbonyl (C=O) groups is 3. The van der Waals surface area contributed by atoms with Crippen LogP contribution >= 0.6 is 23.4 Å². The summed E-state index contributed by atoms with van der Waals surface area (Å²) in [6, 6.07) is 14.0. The van der Waals surface area contributed by atoms with Gasteiger partial charge >= 0.3 is 0 Å². The molecule has 4 fully saturated rings. The van der Waals surface area contributed by atoms with Gasteiger partial charge in [0.05, 0.1) is 0 Å². The molecule has 6 aliphatic rings. The van der Waals surface area contributed by atoms with Gasteiger partial charge in [-0.2, -0.15) is 0 Å². The number of rotatable bonds is 7. The molecule has 4 heterocycles. The van der Waals surface area contributed by atoms with Gasteiger partial charge in [-0.05, 0) is 102 Å². The summed E-state index contributed by atoms with van der Waals surface area (Å²) >= 11 is 8.13. The van der Waals surface area contributed by atoms with Crippen molar-refractivity contribution >= 4 is 46.7 Å². The number of thioether (sulfide) groups is 1. The van der Waals surface area contributed by atoms with E-state index < -0.39 is 6.04 Å². The molecule has 226 valence electrons. The highest BCUT2D eigenvalue weighted by atomic mass is 35.5. The average Bonchev–Trinajstić information content (AvgIpc) is 3.28. The summed E-state index contributed by atoms with van der Waals surface area (Å²) < 4.78 is 0. The zero-order valence-electron chi connectivity index (χ0n) is 25.1. The Morgan fingerprint density at radius 2 is 1.84 bits per heavy atom. The van der Waals surface area contributed by atoms with Crippen LogP contribution in [0.25, 0.3) is 5.57 Å². The second-order valence-corrected chi connectivity index (χ2v) is 15.9. The van der Waals surface area contributed by atoms with Gasteiger partial charge in [-0.15, -0.1) is 11.8 Å². The van der Waals surface area contributed by atoms with E-state index in [2.05, 4.69) is 48.3 Å². The number of carbonyl (C=O) groups excluding carboxylic acids is 3. The summed E-state index contributed by atoms with van der Waals surface area (Å²) in [4.78, 5) is 42.6. The second-order valence-electron chi connectivity index (χ2n) is 14.4. The number of piperidine rings is 3. The van der Waals surface area contributed by atoms with Crippen LogP contribution in [-0.4, -0.2) is 59.0 Å². The van der Waals surface area contributed by atoms with Crippen LogP contribution in [0.1, 0.15) is 80.3 Å². The molecule has 0 radical (unpaired) electrons. The first-order chi connectivity index (χ1) is 20.6. The number of allylic oxidation sites excluding steroid dienone is 1. The lowest BCUT2D eigenvalue weighted by Gasteiger charge is -2.57. The van der Waals surface area contributed by atoms with Crippen LogP contribution in [-0.2, 0) is 16.1 Å². The maximum atomic E-state index is 13.1. The molecule has 4 aliphatic heterocycles. The van der Waals surface area contributed by atoms with Gasteiger partial charge < -0.3 is 4.90 Å². The van der Waals surface area contributed by atoms with E-state index in [1.165, 1.54) is 41.8 Å². The molecule has 8 rings (SSSR count). The number of fused-ring (bicyclic) bond motifs is 3. The summed E-state index contributed by atoms with van der Waals surface area (Å²) in [7, 11) is 0. The van der Waals surface area contributed by atoms with Crippen molar-refractivity contribution in [3.63, 3.8) is 0 Å². The van der Waals surface area contributed by atoms with E-state index in [0.717, 1.165) is 48.2 Å². The third-order valence-electron chi connectivity index (χ3n) is 10.4. The van der Waals surface area contributed by atoms with Crippen LogP contribution in [0.5, 0.6) is 0 Å². The number of hydrogen-bond acceptors (Lipinski definition) is 5. The highest BCUT2D eigenvalue weighted by molar-refractivity contribution is 7.99. The topological polar surface area (TPSA) is 69.7 Å². The minimum Gasteiger partial charge on any atom is -0.322 e. The molecule has 1 saturated carbocycles. The van der Waals surface area contributed by atoms with Crippen molar-refractivity contribution in [3.05, 3.63) is 69.8 Å². The van der Waals surface area contributed by atoms with Gasteiger partial charge in [-0.25, -0.2) is 0 Å². The Balaban J connectivity index is 1.01. The maximum Gasteiger partial charge on any atom is 0.255 e. The minimum absolute atomic E-state index is 0.109. The number of nitrogens with zero attached hydrogens (tertiary/aromatic N) is 2. The smallest absolute Gasteiger partial charge is 0.255 e. The molecule has 43 heavy (non-hydrogen) atoms. The molecule has 0 spiro atoms. The van der Waals surface area contributed by atoms with Crippen LogP contribution < -0.4 is 5.32 Å². The lowest BCUT2D eigenvalue weighted by molar-refractivity contribution is -0.136. The molecule has 8 heteroatoms. The predicted molar refractivity (Wildman–Crippen MR) is 171 cm³/mol. The Labute approximate surface area is 263 Å². The molecular formula is C35H40ClN3O3S. The fourth-order valence-corrected chi connectivity index (χ4v) is 9.54. The van der Waals surface area contributed by atoms with Crippen LogP contribution in [0.2, 0.25) is 5.02 Å². The van der Waals surface area contributed by atoms with Crippen molar-refractivity contribution < 1.29 is 14.4 Å². The van der Waals surface area contributed by atoms with E-state index in [9.17, 15) is 14.4 Å². The zero-order chi connectivity index (χ0) is 29.9. The first kappa shape index (κ1) is 29.1. The summed E-state index contributed by atoms with van der Waals surface area (Å²) in [5.74, 6) is 1.14. The van der Waals surface area contributed by atoms with Crippen molar-refractivity contribution in [2.24, 2.45) is 16.7 Å². The van der Waals surface area contributed by atoms with E-state index in [1.807, 2.05) is 30.0 Å². The molecule has 2 aromatic rings. The first-order valence-electron chi connectivity index (χ1n) is 15.7. The van der Waals surface area contributed by atoms with Crippen molar-refractivity contribution in [1.82, 2.24) is 15.1 Å². The largest absolute Gasteiger partial charge is 0.322 e. The van der Waals surface area contributed by atoms with E-state index in [1.54, 1.807) is 10.5 Å². The van der Waals surface area contributed by atoms with E-state index in [-0.39, 0.29) is 24.1 Å². The van der Waals surface area contributed by atoms with Crippen molar-refractivity contribution in [2.75, 3.05) is 25.4 Å². The van der Waals surface area contributed by atoms with Gasteiger partial charge in [0.2, 0.25) is 11.8 Å². The first-order valence-corrected chi connectivity index (χ1v) is 17.0. The highest BCUT2D eigenvalue weighted by Crippen LogP contribution is 2.53. The Bertz CT molecular complexity index is 1510. The molecule has 2 bridgehead atoms. The van der Waals surface area contributed by atoms with Gasteiger partial charge in [0, 0.05) is 53.8 Å². The van der Waals surface area contributed by atoms with E-state index in [0.29, 0.717) is 29.4 Å². The van der Waals surface area contributed by atoms with Gasteiger partial charge in [0.25, 0.3) is 5.91 Å². The van der Waals surface area contributed by atoms with E-state index in [4.69, 9.17) is 11.6 Å². The molecule has 2 aromatic carbocycles. The van der Waals surface area contributed by atoms with Crippen molar-refractivity contribution in [2.45, 2.75) is 76.3 Å². The maximum absolute atomic E-state index is 13.1. The number of imide groups is 1. The molecule has 3 saturated heterocycles.